The number of amides is 1. The number of ether oxygens (including phenoxy) is 2. The van der Waals surface area contributed by atoms with Gasteiger partial charge in [-0.3, -0.25) is 4.79 Å². The molecule has 1 N–H and O–H groups in total. The number of nitrogens with zero attached hydrogens (tertiary/aromatic N) is 1. The third kappa shape index (κ3) is 3.35. The molecule has 0 aliphatic heterocycles. The first kappa shape index (κ1) is 15.9. The van der Waals surface area contributed by atoms with Gasteiger partial charge in [-0.05, 0) is 29.7 Å². The van der Waals surface area contributed by atoms with Gasteiger partial charge < -0.3 is 19.4 Å². The Bertz CT molecular complexity index is 855. The zero-order chi connectivity index (χ0) is 16.9. The lowest BCUT2D eigenvalue weighted by Gasteiger charge is -2.12. The fourth-order valence-corrected chi connectivity index (χ4v) is 2.68. The molecule has 124 valence electrons. The smallest absolute Gasteiger partial charge is 0.226 e. The second kappa shape index (κ2) is 7.08. The quantitative estimate of drug-likeness (QED) is 0.752. The predicted molar refractivity (Wildman–Crippen MR) is 94.7 cm³/mol. The summed E-state index contributed by atoms with van der Waals surface area (Å²) in [7, 11) is 3.16. The molecule has 2 aromatic carbocycles. The van der Waals surface area contributed by atoms with Crippen LogP contribution in [0.4, 0.5) is 5.69 Å². The molecule has 1 aromatic heterocycles. The molecule has 0 radical (unpaired) electrons. The Morgan fingerprint density at radius 3 is 2.71 bits per heavy atom. The Labute approximate surface area is 140 Å². The number of carbonyl (C=O) groups is 1. The van der Waals surface area contributed by atoms with Crippen molar-refractivity contribution in [1.82, 2.24) is 4.57 Å². The van der Waals surface area contributed by atoms with Gasteiger partial charge in [-0.1, -0.05) is 18.2 Å². The van der Waals surface area contributed by atoms with Crippen molar-refractivity contribution in [3.8, 4) is 11.5 Å². The zero-order valence-corrected chi connectivity index (χ0v) is 13.8. The van der Waals surface area contributed by atoms with E-state index in [9.17, 15) is 4.79 Å². The second-order valence-corrected chi connectivity index (χ2v) is 5.43. The highest BCUT2D eigenvalue weighted by Crippen LogP contribution is 2.29. The molecule has 0 saturated heterocycles. The average molecular weight is 324 g/mol. The van der Waals surface area contributed by atoms with E-state index < -0.39 is 0 Å². The molecule has 1 amide bonds. The maximum absolute atomic E-state index is 12.3. The molecule has 5 nitrogen and oxygen atoms in total. The highest BCUT2D eigenvalue weighted by atomic mass is 16.5. The number of rotatable bonds is 6. The highest BCUT2D eigenvalue weighted by molar-refractivity contribution is 5.92. The van der Waals surface area contributed by atoms with Gasteiger partial charge in [0.05, 0.1) is 19.9 Å². The Morgan fingerprint density at radius 2 is 1.92 bits per heavy atom. The van der Waals surface area contributed by atoms with Crippen molar-refractivity contribution in [3.63, 3.8) is 0 Å². The van der Waals surface area contributed by atoms with E-state index in [0.29, 0.717) is 30.2 Å². The van der Waals surface area contributed by atoms with Crippen molar-refractivity contribution in [2.75, 3.05) is 19.5 Å². The van der Waals surface area contributed by atoms with Gasteiger partial charge in [-0.2, -0.15) is 0 Å². The van der Waals surface area contributed by atoms with E-state index in [2.05, 4.69) is 28.1 Å². The predicted octanol–water partition coefficient (Wildman–Crippen LogP) is 3.69. The van der Waals surface area contributed by atoms with Crippen molar-refractivity contribution < 1.29 is 14.3 Å². The SMILES string of the molecule is COc1ccc(OC)c(NC(=O)CCn2ccc3ccccc32)c1. The maximum Gasteiger partial charge on any atom is 0.226 e. The van der Waals surface area contributed by atoms with Gasteiger partial charge >= 0.3 is 0 Å². The van der Waals surface area contributed by atoms with Gasteiger partial charge in [-0.25, -0.2) is 0 Å². The first-order valence-corrected chi connectivity index (χ1v) is 7.77. The number of hydrogen-bond acceptors (Lipinski definition) is 3. The summed E-state index contributed by atoms with van der Waals surface area (Å²) in [5, 5.41) is 4.06. The van der Waals surface area contributed by atoms with E-state index >= 15 is 0 Å². The van der Waals surface area contributed by atoms with Gasteiger partial charge in [0.1, 0.15) is 11.5 Å². The van der Waals surface area contributed by atoms with Crippen molar-refractivity contribution >= 4 is 22.5 Å². The van der Waals surface area contributed by atoms with Crippen LogP contribution in [-0.4, -0.2) is 24.7 Å². The number of aryl methyl sites for hydroxylation is 1. The molecule has 0 bridgehead atoms. The number of nitrogens with one attached hydrogen (secondary N) is 1. The summed E-state index contributed by atoms with van der Waals surface area (Å²) < 4.78 is 12.6. The van der Waals surface area contributed by atoms with E-state index in [0.717, 1.165) is 5.52 Å². The molecule has 1 heterocycles. The molecule has 0 aliphatic carbocycles. The zero-order valence-electron chi connectivity index (χ0n) is 13.8. The third-order valence-electron chi connectivity index (χ3n) is 3.94. The first-order chi connectivity index (χ1) is 11.7. The number of anilines is 1. The third-order valence-corrected chi connectivity index (χ3v) is 3.94. The average Bonchev–Trinajstić information content (AvgIpc) is 3.03. The second-order valence-electron chi connectivity index (χ2n) is 5.43. The number of fused-ring (bicyclic) bond motifs is 1. The number of hydrogen-bond donors (Lipinski definition) is 1. The van der Waals surface area contributed by atoms with Crippen LogP contribution in [0.2, 0.25) is 0 Å². The topological polar surface area (TPSA) is 52.5 Å². The lowest BCUT2D eigenvalue weighted by molar-refractivity contribution is -0.116. The van der Waals surface area contributed by atoms with Crippen molar-refractivity contribution in [2.24, 2.45) is 0 Å². The number of aromatic nitrogens is 1. The van der Waals surface area contributed by atoms with Gasteiger partial charge in [-0.15, -0.1) is 0 Å². The summed E-state index contributed by atoms with van der Waals surface area (Å²) in [6.07, 6.45) is 2.38. The minimum absolute atomic E-state index is 0.0701. The van der Waals surface area contributed by atoms with Crippen LogP contribution >= 0.6 is 0 Å². The lowest BCUT2D eigenvalue weighted by Crippen LogP contribution is -2.15. The van der Waals surface area contributed by atoms with Crippen LogP contribution in [0.1, 0.15) is 6.42 Å². The van der Waals surface area contributed by atoms with Crippen molar-refractivity contribution in [1.29, 1.82) is 0 Å². The van der Waals surface area contributed by atoms with Crippen molar-refractivity contribution in [2.45, 2.75) is 13.0 Å². The van der Waals surface area contributed by atoms with E-state index in [1.807, 2.05) is 18.3 Å². The van der Waals surface area contributed by atoms with E-state index in [4.69, 9.17) is 9.47 Å². The highest BCUT2D eigenvalue weighted by Gasteiger charge is 2.10. The summed E-state index contributed by atoms with van der Waals surface area (Å²) >= 11 is 0. The first-order valence-electron chi connectivity index (χ1n) is 7.77. The Kier molecular flexibility index (Phi) is 4.70. The van der Waals surface area contributed by atoms with Crippen LogP contribution in [-0.2, 0) is 11.3 Å². The van der Waals surface area contributed by atoms with Gasteiger partial charge in [0.25, 0.3) is 0 Å². The Hall–Kier alpha value is -2.95. The van der Waals surface area contributed by atoms with Crippen LogP contribution in [0, 0.1) is 0 Å². The van der Waals surface area contributed by atoms with Crippen molar-refractivity contribution in [3.05, 3.63) is 54.7 Å². The molecule has 0 aliphatic rings. The molecular formula is C19H20N2O3. The van der Waals surface area contributed by atoms with Crippen LogP contribution in [0.15, 0.2) is 54.7 Å². The van der Waals surface area contributed by atoms with E-state index in [1.54, 1.807) is 32.4 Å². The summed E-state index contributed by atoms with van der Waals surface area (Å²) in [5.41, 5.74) is 1.74. The summed E-state index contributed by atoms with van der Waals surface area (Å²) in [6, 6.07) is 15.5. The molecule has 3 rings (SSSR count). The number of benzene rings is 2. The molecular weight excluding hydrogens is 304 g/mol. The molecule has 3 aromatic rings. The Morgan fingerprint density at radius 1 is 1.08 bits per heavy atom. The van der Waals surface area contributed by atoms with E-state index in [1.165, 1.54) is 5.39 Å². The van der Waals surface area contributed by atoms with Gasteiger partial charge in [0, 0.05) is 30.7 Å². The monoisotopic (exact) mass is 324 g/mol. The van der Waals surface area contributed by atoms with Gasteiger partial charge in [0.2, 0.25) is 5.91 Å². The lowest BCUT2D eigenvalue weighted by atomic mass is 10.2. The molecule has 0 atom stereocenters. The minimum Gasteiger partial charge on any atom is -0.497 e. The number of para-hydroxylation sites is 1. The molecule has 0 saturated carbocycles. The van der Waals surface area contributed by atoms with Crippen LogP contribution < -0.4 is 14.8 Å². The summed E-state index contributed by atoms with van der Waals surface area (Å²) in [6.45, 7) is 0.617. The maximum atomic E-state index is 12.3. The minimum atomic E-state index is -0.0701. The molecule has 5 heteroatoms. The van der Waals surface area contributed by atoms with Gasteiger partial charge in [0.15, 0.2) is 0 Å². The summed E-state index contributed by atoms with van der Waals surface area (Å²) in [4.78, 5) is 12.3. The Balaban J connectivity index is 1.68. The number of methoxy groups -OCH3 is 2. The fraction of sp³-hybridized carbons (Fsp3) is 0.211. The largest absolute Gasteiger partial charge is 0.497 e. The molecule has 0 spiro atoms. The van der Waals surface area contributed by atoms with Crippen LogP contribution in [0.3, 0.4) is 0 Å². The molecule has 0 unspecified atom stereocenters. The normalized spacial score (nSPS) is 10.6. The fourth-order valence-electron chi connectivity index (χ4n) is 2.68. The van der Waals surface area contributed by atoms with Crippen LogP contribution in [0.25, 0.3) is 10.9 Å². The molecule has 0 fully saturated rings. The molecule has 24 heavy (non-hydrogen) atoms. The van der Waals surface area contributed by atoms with Crippen LogP contribution in [0.5, 0.6) is 11.5 Å². The standard InChI is InChI=1S/C19H20N2O3/c1-23-15-7-8-18(24-2)16(13-15)20-19(22)10-12-21-11-9-14-5-3-4-6-17(14)21/h3-9,11,13H,10,12H2,1-2H3,(H,20,22). The number of carbonyl (C=O) groups excluding carboxylic acids is 1. The van der Waals surface area contributed by atoms with E-state index in [-0.39, 0.29) is 5.91 Å². The summed E-state index contributed by atoms with van der Waals surface area (Å²) in [5.74, 6) is 1.21.